The number of fused-ring (bicyclic) bond motifs is 2. The summed E-state index contributed by atoms with van der Waals surface area (Å²) in [5.41, 5.74) is 4.79. The molecule has 1 amide bonds. The number of aryl methyl sites for hydroxylation is 2. The Hall–Kier alpha value is -4.63. The molecule has 3 N–H and O–H groups in total. The minimum Gasteiger partial charge on any atom is -0.481 e. The molecule has 0 radical (unpaired) electrons. The fraction of sp³-hybridized carbons (Fsp3) is 0.233. The molecule has 3 aromatic carbocycles. The molecule has 0 saturated heterocycles. The number of hydrogen-bond donors (Lipinski definition) is 3. The summed E-state index contributed by atoms with van der Waals surface area (Å²) in [5, 5.41) is 22.6. The average molecular weight is 527 g/mol. The lowest BCUT2D eigenvalue weighted by Gasteiger charge is -2.18. The molecule has 5 aromatic rings. The molecule has 200 valence electrons. The van der Waals surface area contributed by atoms with Crippen molar-refractivity contribution in [3.8, 4) is 0 Å². The zero-order valence-electron chi connectivity index (χ0n) is 21.8. The maximum Gasteiger partial charge on any atom is 0.330 e. The van der Waals surface area contributed by atoms with E-state index in [2.05, 4.69) is 5.32 Å². The molecule has 0 saturated carbocycles. The van der Waals surface area contributed by atoms with E-state index >= 15 is 0 Å². The molecule has 39 heavy (non-hydrogen) atoms. The van der Waals surface area contributed by atoms with E-state index in [4.69, 9.17) is 5.11 Å². The van der Waals surface area contributed by atoms with E-state index < -0.39 is 17.9 Å². The van der Waals surface area contributed by atoms with E-state index in [9.17, 15) is 19.5 Å². The summed E-state index contributed by atoms with van der Waals surface area (Å²) in [6, 6.07) is 19.3. The van der Waals surface area contributed by atoms with Crippen LogP contribution in [0, 0.1) is 6.92 Å². The highest BCUT2D eigenvalue weighted by atomic mass is 16.4. The number of carboxylic acids is 1. The highest BCUT2D eigenvalue weighted by molar-refractivity contribution is 5.97. The number of rotatable bonds is 9. The number of carbonyl (C=O) groups excluding carboxylic acids is 1. The van der Waals surface area contributed by atoms with E-state index in [1.807, 2.05) is 49.0 Å². The predicted octanol–water partition coefficient (Wildman–Crippen LogP) is 3.44. The third kappa shape index (κ3) is 4.84. The molecular formula is C30H30N4O5. The third-order valence-electron chi connectivity index (χ3n) is 7.12. The number of aliphatic carboxylic acids is 1. The van der Waals surface area contributed by atoms with Crippen LogP contribution < -0.4 is 11.0 Å². The van der Waals surface area contributed by atoms with Gasteiger partial charge in [0, 0.05) is 36.3 Å². The van der Waals surface area contributed by atoms with Gasteiger partial charge in [-0.2, -0.15) is 0 Å². The number of carboxylic acid groups (broad SMARTS) is 1. The topological polar surface area (TPSA) is 118 Å². The zero-order chi connectivity index (χ0) is 27.7. The van der Waals surface area contributed by atoms with Gasteiger partial charge in [-0.1, -0.05) is 42.5 Å². The van der Waals surface area contributed by atoms with Crippen LogP contribution in [0.25, 0.3) is 21.9 Å². The molecule has 0 aliphatic carbocycles. The second-order valence-electron chi connectivity index (χ2n) is 9.68. The summed E-state index contributed by atoms with van der Waals surface area (Å²) in [6.45, 7) is 2.20. The van der Waals surface area contributed by atoms with Crippen molar-refractivity contribution in [2.45, 2.75) is 25.9 Å². The second kappa shape index (κ2) is 10.6. The number of nitrogens with zero attached hydrogens (tertiary/aromatic N) is 3. The molecule has 0 aliphatic heterocycles. The molecule has 0 spiro atoms. The summed E-state index contributed by atoms with van der Waals surface area (Å²) in [7, 11) is 1.97. The number of amides is 1. The largest absolute Gasteiger partial charge is 0.481 e. The molecule has 0 fully saturated rings. The number of benzene rings is 3. The van der Waals surface area contributed by atoms with Gasteiger partial charge in [0.2, 0.25) is 0 Å². The van der Waals surface area contributed by atoms with Crippen LogP contribution in [0.15, 0.2) is 77.7 Å². The summed E-state index contributed by atoms with van der Waals surface area (Å²) in [6.07, 6.45) is 1.70. The van der Waals surface area contributed by atoms with Crippen molar-refractivity contribution >= 4 is 33.8 Å². The van der Waals surface area contributed by atoms with Crippen LogP contribution in [0.1, 0.15) is 39.5 Å². The normalized spacial score (nSPS) is 12.2. The number of aromatic nitrogens is 3. The Bertz CT molecular complexity index is 1750. The van der Waals surface area contributed by atoms with Crippen molar-refractivity contribution in [2.75, 3.05) is 13.2 Å². The highest BCUT2D eigenvalue weighted by Gasteiger charge is 2.26. The van der Waals surface area contributed by atoms with E-state index in [-0.39, 0.29) is 31.8 Å². The minimum atomic E-state index is -1.04. The van der Waals surface area contributed by atoms with Crippen molar-refractivity contribution < 1.29 is 19.8 Å². The predicted molar refractivity (Wildman–Crippen MR) is 149 cm³/mol. The Morgan fingerprint density at radius 2 is 1.74 bits per heavy atom. The summed E-state index contributed by atoms with van der Waals surface area (Å²) >= 11 is 0. The fourth-order valence-corrected chi connectivity index (χ4v) is 5.37. The lowest BCUT2D eigenvalue weighted by molar-refractivity contribution is -0.137. The Balaban J connectivity index is 1.74. The van der Waals surface area contributed by atoms with Gasteiger partial charge in [-0.05, 0) is 47.9 Å². The van der Waals surface area contributed by atoms with Gasteiger partial charge >= 0.3 is 11.7 Å². The molecular weight excluding hydrogens is 496 g/mol. The van der Waals surface area contributed by atoms with Crippen LogP contribution in [0.3, 0.4) is 0 Å². The molecule has 0 bridgehead atoms. The lowest BCUT2D eigenvalue weighted by Crippen LogP contribution is -2.29. The molecule has 9 nitrogen and oxygen atoms in total. The number of imidazole rings is 1. The number of aliphatic hydroxyl groups is 1. The van der Waals surface area contributed by atoms with Crippen molar-refractivity contribution in [1.82, 2.24) is 19.0 Å². The van der Waals surface area contributed by atoms with E-state index in [0.29, 0.717) is 22.2 Å². The van der Waals surface area contributed by atoms with Gasteiger partial charge in [0.25, 0.3) is 5.91 Å². The Labute approximate surface area is 224 Å². The van der Waals surface area contributed by atoms with Crippen LogP contribution in [0.4, 0.5) is 0 Å². The first-order valence-electron chi connectivity index (χ1n) is 12.7. The summed E-state index contributed by atoms with van der Waals surface area (Å²) in [5.74, 6) is -1.44. The molecule has 2 heterocycles. The summed E-state index contributed by atoms with van der Waals surface area (Å²) in [4.78, 5) is 38.9. The van der Waals surface area contributed by atoms with Crippen LogP contribution in [0.5, 0.6) is 0 Å². The number of carbonyl (C=O) groups is 2. The van der Waals surface area contributed by atoms with Gasteiger partial charge in [0.15, 0.2) is 0 Å². The number of hydrogen-bond acceptors (Lipinski definition) is 4. The van der Waals surface area contributed by atoms with E-state index in [1.165, 1.54) is 4.57 Å². The number of aliphatic hydroxyl groups excluding tert-OH is 1. The van der Waals surface area contributed by atoms with E-state index in [0.717, 1.165) is 22.0 Å². The van der Waals surface area contributed by atoms with Crippen LogP contribution in [-0.4, -0.2) is 48.9 Å². The first-order chi connectivity index (χ1) is 18.8. The minimum absolute atomic E-state index is 0.0940. The van der Waals surface area contributed by atoms with E-state index in [1.54, 1.807) is 47.0 Å². The fourth-order valence-electron chi connectivity index (χ4n) is 5.37. The summed E-state index contributed by atoms with van der Waals surface area (Å²) < 4.78 is 5.16. The van der Waals surface area contributed by atoms with Gasteiger partial charge < -0.3 is 20.1 Å². The smallest absolute Gasteiger partial charge is 0.330 e. The van der Waals surface area contributed by atoms with Crippen molar-refractivity contribution in [3.05, 3.63) is 106 Å². The molecule has 0 aliphatic rings. The van der Waals surface area contributed by atoms with Gasteiger partial charge in [-0.15, -0.1) is 0 Å². The first-order valence-corrected chi connectivity index (χ1v) is 12.7. The Morgan fingerprint density at radius 3 is 2.46 bits per heavy atom. The van der Waals surface area contributed by atoms with Crippen LogP contribution in [0.2, 0.25) is 0 Å². The zero-order valence-corrected chi connectivity index (χ0v) is 21.8. The molecule has 2 aromatic heterocycles. The first kappa shape index (κ1) is 26.0. The Morgan fingerprint density at radius 1 is 0.974 bits per heavy atom. The quantitative estimate of drug-likeness (QED) is 0.272. The van der Waals surface area contributed by atoms with Crippen molar-refractivity contribution in [3.63, 3.8) is 0 Å². The molecule has 1 atom stereocenters. The lowest BCUT2D eigenvalue weighted by atomic mass is 10.0. The third-order valence-corrected chi connectivity index (χ3v) is 7.12. The van der Waals surface area contributed by atoms with Crippen LogP contribution >= 0.6 is 0 Å². The molecule has 0 unspecified atom stereocenters. The number of nitrogens with one attached hydrogen (secondary N) is 1. The average Bonchev–Trinajstić information content (AvgIpc) is 3.39. The monoisotopic (exact) mass is 526 g/mol. The Kier molecular flexibility index (Phi) is 7.08. The maximum absolute atomic E-state index is 14.2. The van der Waals surface area contributed by atoms with Crippen LogP contribution in [-0.2, 0) is 18.4 Å². The van der Waals surface area contributed by atoms with Gasteiger partial charge in [0.1, 0.15) is 0 Å². The van der Waals surface area contributed by atoms with Gasteiger partial charge in [-0.3, -0.25) is 18.7 Å². The van der Waals surface area contributed by atoms with Crippen molar-refractivity contribution in [1.29, 1.82) is 0 Å². The van der Waals surface area contributed by atoms with Crippen molar-refractivity contribution in [2.24, 2.45) is 7.05 Å². The van der Waals surface area contributed by atoms with Gasteiger partial charge in [-0.25, -0.2) is 4.79 Å². The molecule has 9 heteroatoms. The molecule has 5 rings (SSSR count). The second-order valence-corrected chi connectivity index (χ2v) is 9.68. The maximum atomic E-state index is 14.2. The standard InChI is InChI=1S/C30H30N4O5/c1-19-7-6-10-24-28(19)22(17-32(24)2)18-33-23-12-11-21(29(38)31-13-14-35)15-26(23)34(30(33)39)25(16-27(36)37)20-8-4-3-5-9-20/h3-12,15,17,25,35H,13-14,16,18H2,1-2H3,(H,31,38)(H,36,37)/t25-/m1/s1. The van der Waals surface area contributed by atoms with Gasteiger partial charge in [0.05, 0.1) is 36.6 Å². The SMILES string of the molecule is Cc1cccc2c1c(Cn1c(=O)n([C@H](CC(=O)O)c3ccccc3)c3cc(C(=O)NCCO)ccc31)cn2C. The highest BCUT2D eigenvalue weighted by Crippen LogP contribution is 2.29.